The van der Waals surface area contributed by atoms with Gasteiger partial charge in [-0.25, -0.2) is 14.6 Å². The molecule has 0 aliphatic heterocycles. The quantitative estimate of drug-likeness (QED) is 0.618. The number of aromatic nitrogens is 5. The molecule has 7 nitrogen and oxygen atoms in total. The lowest BCUT2D eigenvalue weighted by Crippen LogP contribution is -2.12. The van der Waals surface area contributed by atoms with E-state index in [4.69, 9.17) is 0 Å². The minimum absolute atomic E-state index is 0.271. The molecular weight excluding hydrogens is 328 g/mol. The van der Waals surface area contributed by atoms with Crippen molar-refractivity contribution in [1.29, 1.82) is 0 Å². The average molecular weight is 346 g/mol. The van der Waals surface area contributed by atoms with Crippen LogP contribution in [0.15, 0.2) is 48.9 Å². The second-order valence-corrected chi connectivity index (χ2v) is 6.29. The highest BCUT2D eigenvalue weighted by molar-refractivity contribution is 6.03. The van der Waals surface area contributed by atoms with Gasteiger partial charge in [0.1, 0.15) is 11.3 Å². The molecule has 1 amide bonds. The zero-order chi connectivity index (χ0) is 18.3. The molecule has 0 bridgehead atoms. The summed E-state index contributed by atoms with van der Waals surface area (Å²) in [6.07, 6.45) is 5.21. The van der Waals surface area contributed by atoms with E-state index in [9.17, 15) is 4.79 Å². The van der Waals surface area contributed by atoms with Crippen LogP contribution in [0.25, 0.3) is 11.5 Å². The van der Waals surface area contributed by atoms with Crippen molar-refractivity contribution in [1.82, 2.24) is 24.1 Å². The molecule has 4 aromatic heterocycles. The number of nitrogens with zero attached hydrogens (tertiary/aromatic N) is 5. The highest BCUT2D eigenvalue weighted by Gasteiger charge is 2.12. The zero-order valence-electron chi connectivity index (χ0n) is 14.8. The van der Waals surface area contributed by atoms with Crippen molar-refractivity contribution in [3.05, 3.63) is 71.6 Å². The van der Waals surface area contributed by atoms with Crippen LogP contribution in [-0.4, -0.2) is 30.1 Å². The molecular formula is C19H18N6O. The minimum Gasteiger partial charge on any atom is -0.319 e. The Kier molecular flexibility index (Phi) is 3.76. The smallest absolute Gasteiger partial charge is 0.275 e. The molecule has 0 saturated carbocycles. The number of hydrogen-bond donors (Lipinski definition) is 1. The SMILES string of the molecule is Cc1ccn2cc(C(=O)Nc3ccc(-n4nc(C)cc4C)nc3)nc2c1. The van der Waals surface area contributed by atoms with Crippen LogP contribution in [0.3, 0.4) is 0 Å². The number of carbonyl (C=O) groups is 1. The van der Waals surface area contributed by atoms with Crippen molar-refractivity contribution in [3.8, 4) is 5.82 Å². The summed E-state index contributed by atoms with van der Waals surface area (Å²) in [6.45, 7) is 5.90. The molecule has 0 saturated heterocycles. The predicted molar refractivity (Wildman–Crippen MR) is 98.7 cm³/mol. The van der Waals surface area contributed by atoms with Crippen molar-refractivity contribution in [3.63, 3.8) is 0 Å². The molecule has 4 aromatic rings. The van der Waals surface area contributed by atoms with Gasteiger partial charge in [-0.1, -0.05) is 0 Å². The first-order valence-electron chi connectivity index (χ1n) is 8.26. The minimum atomic E-state index is -0.271. The zero-order valence-corrected chi connectivity index (χ0v) is 14.8. The summed E-state index contributed by atoms with van der Waals surface area (Å²) < 4.78 is 3.59. The van der Waals surface area contributed by atoms with Crippen LogP contribution in [0.5, 0.6) is 0 Å². The van der Waals surface area contributed by atoms with Crippen LogP contribution >= 0.6 is 0 Å². The predicted octanol–water partition coefficient (Wildman–Crippen LogP) is 3.09. The molecule has 0 atom stereocenters. The largest absolute Gasteiger partial charge is 0.319 e. The normalized spacial score (nSPS) is 11.0. The van der Waals surface area contributed by atoms with E-state index in [1.807, 2.05) is 55.6 Å². The molecule has 0 aliphatic carbocycles. The fourth-order valence-electron chi connectivity index (χ4n) is 2.83. The van der Waals surface area contributed by atoms with Crippen LogP contribution < -0.4 is 5.32 Å². The summed E-state index contributed by atoms with van der Waals surface area (Å²) in [5, 5.41) is 7.23. The Balaban J connectivity index is 1.54. The first-order valence-corrected chi connectivity index (χ1v) is 8.26. The molecule has 0 unspecified atom stereocenters. The summed E-state index contributed by atoms with van der Waals surface area (Å²) >= 11 is 0. The molecule has 0 fully saturated rings. The molecule has 1 N–H and O–H groups in total. The summed E-state index contributed by atoms with van der Waals surface area (Å²) in [7, 11) is 0. The number of pyridine rings is 2. The van der Waals surface area contributed by atoms with Crippen LogP contribution in [-0.2, 0) is 0 Å². The van der Waals surface area contributed by atoms with Gasteiger partial charge < -0.3 is 9.72 Å². The topological polar surface area (TPSA) is 77.1 Å². The maximum atomic E-state index is 12.4. The standard InChI is InChI=1S/C19H18N6O/c1-12-6-7-24-11-16(22-18(24)8-12)19(26)21-15-4-5-17(20-10-15)25-14(3)9-13(2)23-25/h4-11H,1-3H3,(H,21,26). The number of nitrogens with one attached hydrogen (secondary N) is 1. The van der Waals surface area contributed by atoms with E-state index in [0.29, 0.717) is 17.2 Å². The Morgan fingerprint density at radius 1 is 1.12 bits per heavy atom. The maximum Gasteiger partial charge on any atom is 0.275 e. The fraction of sp³-hybridized carbons (Fsp3) is 0.158. The first-order chi connectivity index (χ1) is 12.5. The maximum absolute atomic E-state index is 12.4. The van der Waals surface area contributed by atoms with E-state index in [0.717, 1.165) is 22.6 Å². The van der Waals surface area contributed by atoms with Gasteiger partial charge in [0.05, 0.1) is 17.6 Å². The van der Waals surface area contributed by atoms with E-state index in [1.165, 1.54) is 0 Å². The van der Waals surface area contributed by atoms with Crippen molar-refractivity contribution in [2.75, 3.05) is 5.32 Å². The van der Waals surface area contributed by atoms with Crippen molar-refractivity contribution >= 4 is 17.2 Å². The second-order valence-electron chi connectivity index (χ2n) is 6.29. The summed E-state index contributed by atoms with van der Waals surface area (Å²) in [5.74, 6) is 0.434. The van der Waals surface area contributed by atoms with Gasteiger partial charge in [0.2, 0.25) is 0 Å². The number of imidazole rings is 1. The van der Waals surface area contributed by atoms with E-state index < -0.39 is 0 Å². The number of hydrogen-bond acceptors (Lipinski definition) is 4. The lowest BCUT2D eigenvalue weighted by Gasteiger charge is -2.06. The van der Waals surface area contributed by atoms with Crippen molar-refractivity contribution in [2.45, 2.75) is 20.8 Å². The van der Waals surface area contributed by atoms with Gasteiger partial charge in [-0.2, -0.15) is 5.10 Å². The average Bonchev–Trinajstić information content (AvgIpc) is 3.18. The summed E-state index contributed by atoms with van der Waals surface area (Å²) in [6, 6.07) is 9.51. The fourth-order valence-corrected chi connectivity index (χ4v) is 2.83. The number of anilines is 1. The molecule has 0 aliphatic rings. The van der Waals surface area contributed by atoms with Gasteiger partial charge in [-0.15, -0.1) is 0 Å². The molecule has 130 valence electrons. The molecule has 4 rings (SSSR count). The molecule has 0 radical (unpaired) electrons. The van der Waals surface area contributed by atoms with Gasteiger partial charge in [-0.05, 0) is 56.7 Å². The number of fused-ring (bicyclic) bond motifs is 1. The lowest BCUT2D eigenvalue weighted by atomic mass is 10.3. The van der Waals surface area contributed by atoms with E-state index in [1.54, 1.807) is 23.1 Å². The third-order valence-corrected chi connectivity index (χ3v) is 4.08. The number of rotatable bonds is 3. The van der Waals surface area contributed by atoms with Gasteiger partial charge in [0, 0.05) is 18.1 Å². The molecule has 0 aromatic carbocycles. The molecule has 26 heavy (non-hydrogen) atoms. The number of aryl methyl sites for hydroxylation is 3. The third kappa shape index (κ3) is 2.95. The van der Waals surface area contributed by atoms with Gasteiger partial charge in [0.15, 0.2) is 5.82 Å². The lowest BCUT2D eigenvalue weighted by molar-refractivity contribution is 0.102. The van der Waals surface area contributed by atoms with Gasteiger partial charge in [0.25, 0.3) is 5.91 Å². The highest BCUT2D eigenvalue weighted by atomic mass is 16.1. The van der Waals surface area contributed by atoms with E-state index >= 15 is 0 Å². The second kappa shape index (κ2) is 6.11. The first kappa shape index (κ1) is 16.0. The highest BCUT2D eigenvalue weighted by Crippen LogP contribution is 2.14. The van der Waals surface area contributed by atoms with Crippen LogP contribution in [0.2, 0.25) is 0 Å². The third-order valence-electron chi connectivity index (χ3n) is 4.08. The number of amides is 1. The van der Waals surface area contributed by atoms with Crippen LogP contribution in [0.1, 0.15) is 27.4 Å². The summed E-state index contributed by atoms with van der Waals surface area (Å²) in [4.78, 5) is 21.2. The van der Waals surface area contributed by atoms with Gasteiger partial charge >= 0.3 is 0 Å². The van der Waals surface area contributed by atoms with E-state index in [2.05, 4.69) is 20.4 Å². The van der Waals surface area contributed by atoms with Crippen LogP contribution in [0, 0.1) is 20.8 Å². The van der Waals surface area contributed by atoms with Crippen molar-refractivity contribution in [2.24, 2.45) is 0 Å². The van der Waals surface area contributed by atoms with Crippen molar-refractivity contribution < 1.29 is 4.79 Å². The van der Waals surface area contributed by atoms with Gasteiger partial charge in [-0.3, -0.25) is 4.79 Å². The molecule has 0 spiro atoms. The monoisotopic (exact) mass is 346 g/mol. The molecule has 4 heterocycles. The Labute approximate surface area is 150 Å². The Morgan fingerprint density at radius 2 is 1.96 bits per heavy atom. The van der Waals surface area contributed by atoms with E-state index in [-0.39, 0.29) is 5.91 Å². The Hall–Kier alpha value is -3.48. The van der Waals surface area contributed by atoms with Crippen LogP contribution in [0.4, 0.5) is 5.69 Å². The number of carbonyl (C=O) groups excluding carboxylic acids is 1. The Bertz CT molecular complexity index is 1110. The molecule has 7 heteroatoms. The summed E-state index contributed by atoms with van der Waals surface area (Å²) in [5.41, 5.74) is 4.74. The Morgan fingerprint density at radius 3 is 2.65 bits per heavy atom.